The minimum absolute atomic E-state index is 0.0203. The number of carboxylic acids is 1. The van der Waals surface area contributed by atoms with Crippen LogP contribution in [0.4, 0.5) is 0 Å². The third-order valence-corrected chi connectivity index (χ3v) is 6.05. The highest BCUT2D eigenvalue weighted by Crippen LogP contribution is 2.20. The SMILES string of the molecule is CC(C)CC(N)C(=O)NC(CS)C(=O)NC(Cc1ccc(O)cc1)C(=O)N1CCCC1C(=O)O. The van der Waals surface area contributed by atoms with E-state index in [0.29, 0.717) is 24.8 Å². The van der Waals surface area contributed by atoms with E-state index in [9.17, 15) is 29.4 Å². The molecule has 188 valence electrons. The Hall–Kier alpha value is -2.79. The van der Waals surface area contributed by atoms with Crippen LogP contribution in [0.5, 0.6) is 5.75 Å². The van der Waals surface area contributed by atoms with Gasteiger partial charge in [0, 0.05) is 18.7 Å². The lowest BCUT2D eigenvalue weighted by molar-refractivity contribution is -0.149. The molecule has 4 unspecified atom stereocenters. The number of nitrogens with two attached hydrogens (primary N) is 1. The maximum atomic E-state index is 13.3. The fourth-order valence-corrected chi connectivity index (χ4v) is 4.17. The number of benzene rings is 1. The Morgan fingerprint density at radius 3 is 2.29 bits per heavy atom. The Labute approximate surface area is 204 Å². The van der Waals surface area contributed by atoms with E-state index < -0.39 is 47.9 Å². The number of phenolic OH excluding ortho intramolecular Hbond substituents is 1. The largest absolute Gasteiger partial charge is 0.508 e. The molecule has 1 aliphatic rings. The van der Waals surface area contributed by atoms with E-state index in [2.05, 4.69) is 23.3 Å². The van der Waals surface area contributed by atoms with E-state index in [1.165, 1.54) is 17.0 Å². The van der Waals surface area contributed by atoms with Gasteiger partial charge in [0.25, 0.3) is 0 Å². The lowest BCUT2D eigenvalue weighted by Gasteiger charge is -2.29. The first kappa shape index (κ1) is 27.5. The first-order valence-corrected chi connectivity index (χ1v) is 11.9. The van der Waals surface area contributed by atoms with Crippen LogP contribution in [0.15, 0.2) is 24.3 Å². The standard InChI is InChI=1S/C23H34N4O6S/c1-13(2)10-16(24)20(29)26-18(12-34)21(30)25-17(11-14-5-7-15(28)8-6-14)22(31)27-9-3-4-19(27)23(32)33/h5-8,13,16-19,28,34H,3-4,9-12,24H2,1-2H3,(H,25,30)(H,26,29)(H,32,33). The van der Waals surface area contributed by atoms with Crippen molar-refractivity contribution in [2.24, 2.45) is 11.7 Å². The number of nitrogens with one attached hydrogen (secondary N) is 2. The van der Waals surface area contributed by atoms with E-state index in [1.54, 1.807) is 12.1 Å². The number of likely N-dealkylation sites (tertiary alicyclic amines) is 1. The Morgan fingerprint density at radius 1 is 1.12 bits per heavy atom. The van der Waals surface area contributed by atoms with Gasteiger partial charge < -0.3 is 31.5 Å². The molecule has 11 heteroatoms. The van der Waals surface area contributed by atoms with Gasteiger partial charge in [0.05, 0.1) is 6.04 Å². The highest BCUT2D eigenvalue weighted by molar-refractivity contribution is 7.80. The Morgan fingerprint density at radius 2 is 1.74 bits per heavy atom. The van der Waals surface area contributed by atoms with Gasteiger partial charge in [-0.3, -0.25) is 14.4 Å². The number of carbonyl (C=O) groups excluding carboxylic acids is 3. The molecule has 4 atom stereocenters. The average molecular weight is 495 g/mol. The van der Waals surface area contributed by atoms with Crippen molar-refractivity contribution in [2.75, 3.05) is 12.3 Å². The van der Waals surface area contributed by atoms with E-state index in [-0.39, 0.29) is 30.4 Å². The number of aliphatic carboxylic acids is 1. The quantitative estimate of drug-likeness (QED) is 0.241. The van der Waals surface area contributed by atoms with E-state index in [4.69, 9.17) is 5.73 Å². The summed E-state index contributed by atoms with van der Waals surface area (Å²) >= 11 is 4.16. The Bertz CT molecular complexity index is 879. The van der Waals surface area contributed by atoms with Crippen LogP contribution in [0.1, 0.15) is 38.7 Å². The summed E-state index contributed by atoms with van der Waals surface area (Å²) in [4.78, 5) is 51.6. The minimum Gasteiger partial charge on any atom is -0.508 e. The molecule has 0 spiro atoms. The molecule has 10 nitrogen and oxygen atoms in total. The van der Waals surface area contributed by atoms with Crippen LogP contribution in [0.3, 0.4) is 0 Å². The number of nitrogens with zero attached hydrogens (tertiary/aromatic N) is 1. The summed E-state index contributed by atoms with van der Waals surface area (Å²) in [5.41, 5.74) is 6.57. The molecule has 0 bridgehead atoms. The van der Waals surface area contributed by atoms with E-state index >= 15 is 0 Å². The monoisotopic (exact) mass is 494 g/mol. The van der Waals surface area contributed by atoms with Crippen LogP contribution in [-0.2, 0) is 25.6 Å². The maximum Gasteiger partial charge on any atom is 0.326 e. The number of rotatable bonds is 11. The van der Waals surface area contributed by atoms with Gasteiger partial charge in [-0.15, -0.1) is 0 Å². The predicted octanol–water partition coefficient (Wildman–Crippen LogP) is 0.283. The van der Waals surface area contributed by atoms with Gasteiger partial charge >= 0.3 is 5.97 Å². The second kappa shape index (κ2) is 12.6. The summed E-state index contributed by atoms with van der Waals surface area (Å²) in [5.74, 6) is -2.51. The van der Waals surface area contributed by atoms with E-state index in [0.717, 1.165) is 0 Å². The van der Waals surface area contributed by atoms with Gasteiger partial charge in [0.1, 0.15) is 23.9 Å². The normalized spacial score (nSPS) is 18.3. The third-order valence-electron chi connectivity index (χ3n) is 5.69. The molecule has 2 rings (SSSR count). The van der Waals surface area contributed by atoms with E-state index in [1.807, 2.05) is 13.8 Å². The van der Waals surface area contributed by atoms with Gasteiger partial charge in [-0.1, -0.05) is 26.0 Å². The van der Waals surface area contributed by atoms with Crippen LogP contribution >= 0.6 is 12.6 Å². The zero-order valence-corrected chi connectivity index (χ0v) is 20.3. The number of carboxylic acid groups (broad SMARTS) is 1. The number of thiol groups is 1. The zero-order chi connectivity index (χ0) is 25.4. The topological polar surface area (TPSA) is 162 Å². The van der Waals surface area contributed by atoms with Crippen LogP contribution in [0.25, 0.3) is 0 Å². The first-order valence-electron chi connectivity index (χ1n) is 11.3. The number of hydrogen-bond donors (Lipinski definition) is 6. The molecular weight excluding hydrogens is 460 g/mol. The van der Waals surface area contributed by atoms with Gasteiger partial charge in [-0.2, -0.15) is 12.6 Å². The van der Waals surface area contributed by atoms with Crippen molar-refractivity contribution >= 4 is 36.3 Å². The van der Waals surface area contributed by atoms with Gasteiger partial charge in [-0.05, 0) is 42.9 Å². The molecule has 6 N–H and O–H groups in total. The fraction of sp³-hybridized carbons (Fsp3) is 0.565. The number of amides is 3. The van der Waals surface area contributed by atoms with Crippen molar-refractivity contribution in [3.63, 3.8) is 0 Å². The van der Waals surface area contributed by atoms with Crippen molar-refractivity contribution in [3.05, 3.63) is 29.8 Å². The summed E-state index contributed by atoms with van der Waals surface area (Å²) in [6.07, 6.45) is 1.41. The van der Waals surface area contributed by atoms with Gasteiger partial charge in [0.15, 0.2) is 0 Å². The fourth-order valence-electron chi connectivity index (χ4n) is 3.92. The molecule has 0 saturated carbocycles. The zero-order valence-electron chi connectivity index (χ0n) is 19.4. The molecule has 0 radical (unpaired) electrons. The molecule has 1 heterocycles. The molecular formula is C23H34N4O6S. The number of phenols is 1. The summed E-state index contributed by atoms with van der Waals surface area (Å²) < 4.78 is 0. The number of hydrogen-bond acceptors (Lipinski definition) is 7. The average Bonchev–Trinajstić information content (AvgIpc) is 3.27. The van der Waals surface area contributed by atoms with Crippen molar-refractivity contribution in [2.45, 2.75) is 63.7 Å². The van der Waals surface area contributed by atoms with Crippen molar-refractivity contribution in [1.82, 2.24) is 15.5 Å². The second-order valence-corrected chi connectivity index (χ2v) is 9.30. The van der Waals surface area contributed by atoms with Gasteiger partial charge in [-0.25, -0.2) is 4.79 Å². The molecule has 1 aromatic rings. The molecule has 0 aliphatic carbocycles. The van der Waals surface area contributed by atoms with Crippen LogP contribution < -0.4 is 16.4 Å². The third kappa shape index (κ3) is 7.63. The summed E-state index contributed by atoms with van der Waals surface area (Å²) in [6.45, 7) is 4.13. The highest BCUT2D eigenvalue weighted by Gasteiger charge is 2.38. The van der Waals surface area contributed by atoms with Crippen molar-refractivity contribution < 1.29 is 29.4 Å². The summed E-state index contributed by atoms with van der Waals surface area (Å²) in [7, 11) is 0. The van der Waals surface area contributed by atoms with Gasteiger partial charge in [0.2, 0.25) is 17.7 Å². The van der Waals surface area contributed by atoms with Crippen LogP contribution in [-0.4, -0.2) is 75.3 Å². The Balaban J connectivity index is 2.19. The Kier molecular flexibility index (Phi) is 10.2. The lowest BCUT2D eigenvalue weighted by atomic mass is 10.0. The predicted molar refractivity (Wildman–Crippen MR) is 129 cm³/mol. The molecule has 1 fully saturated rings. The maximum absolute atomic E-state index is 13.3. The minimum atomic E-state index is -1.10. The summed E-state index contributed by atoms with van der Waals surface area (Å²) in [5, 5.41) is 24.3. The molecule has 0 aromatic heterocycles. The summed E-state index contributed by atoms with van der Waals surface area (Å²) in [6, 6.07) is 2.31. The van der Waals surface area contributed by atoms with Crippen LogP contribution in [0, 0.1) is 5.92 Å². The highest BCUT2D eigenvalue weighted by atomic mass is 32.1. The smallest absolute Gasteiger partial charge is 0.326 e. The lowest BCUT2D eigenvalue weighted by Crippen LogP contribution is -2.58. The molecule has 34 heavy (non-hydrogen) atoms. The molecule has 1 aromatic carbocycles. The molecule has 3 amide bonds. The second-order valence-electron chi connectivity index (χ2n) is 8.94. The van der Waals surface area contributed by atoms with Crippen LogP contribution in [0.2, 0.25) is 0 Å². The van der Waals surface area contributed by atoms with Crippen molar-refractivity contribution in [1.29, 1.82) is 0 Å². The number of carbonyl (C=O) groups is 4. The molecule has 1 saturated heterocycles. The molecule has 1 aliphatic heterocycles. The van der Waals surface area contributed by atoms with Crippen molar-refractivity contribution in [3.8, 4) is 5.75 Å². The number of aromatic hydroxyl groups is 1. The first-order chi connectivity index (χ1) is 16.0.